The molecule has 2 aromatic carbocycles. The van der Waals surface area contributed by atoms with E-state index >= 15 is 0 Å². The van der Waals surface area contributed by atoms with Gasteiger partial charge in [-0.05, 0) is 67.5 Å². The highest BCUT2D eigenvalue weighted by atomic mass is 79.9. The molecular formula is C19H22BrN. The average Bonchev–Trinajstić information content (AvgIpc) is 2.54. The smallest absolute Gasteiger partial charge is 0.0175 e. The van der Waals surface area contributed by atoms with Crippen molar-refractivity contribution in [1.82, 2.24) is 5.32 Å². The minimum atomic E-state index is 0.507. The van der Waals surface area contributed by atoms with Crippen LogP contribution in [0, 0.1) is 0 Å². The fraction of sp³-hybridized carbons (Fsp3) is 0.368. The summed E-state index contributed by atoms with van der Waals surface area (Å²) in [5, 5.41) is 3.56. The summed E-state index contributed by atoms with van der Waals surface area (Å²) in [4.78, 5) is 0. The van der Waals surface area contributed by atoms with Crippen molar-refractivity contribution >= 4 is 15.9 Å². The van der Waals surface area contributed by atoms with Gasteiger partial charge in [0.05, 0.1) is 0 Å². The molecule has 1 aliphatic rings. The molecule has 110 valence electrons. The van der Waals surface area contributed by atoms with Crippen LogP contribution in [0.3, 0.4) is 0 Å². The maximum Gasteiger partial charge on any atom is 0.0175 e. The molecule has 0 saturated carbocycles. The van der Waals surface area contributed by atoms with Gasteiger partial charge in [0, 0.05) is 10.5 Å². The van der Waals surface area contributed by atoms with E-state index in [9.17, 15) is 0 Å². The van der Waals surface area contributed by atoms with Crippen molar-refractivity contribution in [3.8, 4) is 0 Å². The molecule has 0 spiro atoms. The van der Waals surface area contributed by atoms with Crippen molar-refractivity contribution in [2.45, 2.75) is 37.6 Å². The zero-order valence-corrected chi connectivity index (χ0v) is 14.1. The first-order chi connectivity index (χ1) is 10.3. The normalized spacial score (nSPS) is 19.0. The predicted octanol–water partition coefficient (Wildman–Crippen LogP) is 4.70. The van der Waals surface area contributed by atoms with Crippen LogP contribution in [-0.4, -0.2) is 13.1 Å². The quantitative estimate of drug-likeness (QED) is 0.848. The maximum absolute atomic E-state index is 3.56. The molecular weight excluding hydrogens is 322 g/mol. The standard InChI is InChI=1S/C19H22BrN/c1-21-19(13-14-9-11-16(20)12-10-14)18-8-4-6-15-5-2-3-7-17(15)18/h2-3,5,7,9-12,18-19,21H,4,6,8,13H2,1H3. The molecule has 0 bridgehead atoms. The molecule has 3 rings (SSSR count). The Hall–Kier alpha value is -1.12. The highest BCUT2D eigenvalue weighted by molar-refractivity contribution is 9.10. The van der Waals surface area contributed by atoms with Crippen LogP contribution in [0.2, 0.25) is 0 Å². The Morgan fingerprint density at radius 2 is 1.90 bits per heavy atom. The fourth-order valence-electron chi connectivity index (χ4n) is 3.53. The number of likely N-dealkylation sites (N-methyl/N-ethyl adjacent to an activating group) is 1. The van der Waals surface area contributed by atoms with Gasteiger partial charge in [0.15, 0.2) is 0 Å². The summed E-state index contributed by atoms with van der Waals surface area (Å²) in [7, 11) is 2.10. The van der Waals surface area contributed by atoms with E-state index < -0.39 is 0 Å². The zero-order valence-electron chi connectivity index (χ0n) is 12.5. The van der Waals surface area contributed by atoms with Crippen LogP contribution < -0.4 is 5.32 Å². The summed E-state index contributed by atoms with van der Waals surface area (Å²) in [6.45, 7) is 0. The van der Waals surface area contributed by atoms with Gasteiger partial charge >= 0.3 is 0 Å². The molecule has 0 fully saturated rings. The number of rotatable bonds is 4. The second-order valence-corrected chi connectivity index (χ2v) is 6.84. The Labute approximate surface area is 135 Å². The average molecular weight is 344 g/mol. The molecule has 1 N–H and O–H groups in total. The number of hydrogen-bond acceptors (Lipinski definition) is 1. The topological polar surface area (TPSA) is 12.0 Å². The van der Waals surface area contributed by atoms with Crippen molar-refractivity contribution in [2.24, 2.45) is 0 Å². The Morgan fingerprint density at radius 1 is 1.14 bits per heavy atom. The molecule has 0 radical (unpaired) electrons. The third kappa shape index (κ3) is 3.38. The Morgan fingerprint density at radius 3 is 2.67 bits per heavy atom. The van der Waals surface area contributed by atoms with Crippen LogP contribution >= 0.6 is 15.9 Å². The van der Waals surface area contributed by atoms with E-state index in [1.165, 1.54) is 24.8 Å². The van der Waals surface area contributed by atoms with E-state index in [1.807, 2.05) is 0 Å². The lowest BCUT2D eigenvalue weighted by atomic mass is 9.77. The second-order valence-electron chi connectivity index (χ2n) is 5.92. The van der Waals surface area contributed by atoms with Crippen LogP contribution in [0.15, 0.2) is 53.0 Å². The van der Waals surface area contributed by atoms with Gasteiger partial charge < -0.3 is 5.32 Å². The molecule has 0 heterocycles. The zero-order chi connectivity index (χ0) is 14.7. The largest absolute Gasteiger partial charge is 0.316 e. The van der Waals surface area contributed by atoms with Crippen LogP contribution in [-0.2, 0) is 12.8 Å². The summed E-state index contributed by atoms with van der Waals surface area (Å²) >= 11 is 3.51. The SMILES string of the molecule is CNC(Cc1ccc(Br)cc1)C1CCCc2ccccc21. The minimum Gasteiger partial charge on any atom is -0.316 e. The maximum atomic E-state index is 3.56. The third-order valence-corrected chi connectivity index (χ3v) is 5.17. The van der Waals surface area contributed by atoms with Gasteiger partial charge in [-0.25, -0.2) is 0 Å². The number of fused-ring (bicyclic) bond motifs is 1. The Kier molecular flexibility index (Phi) is 4.77. The molecule has 0 aliphatic heterocycles. The highest BCUT2D eigenvalue weighted by Crippen LogP contribution is 2.35. The van der Waals surface area contributed by atoms with Crippen molar-refractivity contribution in [3.05, 3.63) is 69.7 Å². The van der Waals surface area contributed by atoms with E-state index in [0.717, 1.165) is 10.9 Å². The van der Waals surface area contributed by atoms with Gasteiger partial charge in [-0.15, -0.1) is 0 Å². The first-order valence-corrected chi connectivity index (χ1v) is 8.56. The molecule has 2 heteroatoms. The predicted molar refractivity (Wildman–Crippen MR) is 92.8 cm³/mol. The van der Waals surface area contributed by atoms with Crippen molar-refractivity contribution in [3.63, 3.8) is 0 Å². The molecule has 0 amide bonds. The van der Waals surface area contributed by atoms with E-state index in [-0.39, 0.29) is 0 Å². The molecule has 2 aromatic rings. The summed E-state index contributed by atoms with van der Waals surface area (Å²) in [6.07, 6.45) is 4.92. The molecule has 1 nitrogen and oxygen atoms in total. The fourth-order valence-corrected chi connectivity index (χ4v) is 3.79. The van der Waals surface area contributed by atoms with Crippen molar-refractivity contribution in [1.29, 1.82) is 0 Å². The first kappa shape index (κ1) is 14.8. The Balaban J connectivity index is 1.82. The van der Waals surface area contributed by atoms with Crippen LogP contribution in [0.25, 0.3) is 0 Å². The number of aryl methyl sites for hydroxylation is 1. The molecule has 21 heavy (non-hydrogen) atoms. The van der Waals surface area contributed by atoms with Gasteiger partial charge in [-0.2, -0.15) is 0 Å². The van der Waals surface area contributed by atoms with Crippen molar-refractivity contribution in [2.75, 3.05) is 7.05 Å². The number of halogens is 1. The van der Waals surface area contributed by atoms with E-state index in [1.54, 1.807) is 11.1 Å². The van der Waals surface area contributed by atoms with Gasteiger partial charge in [0.25, 0.3) is 0 Å². The Bertz CT molecular complexity index is 591. The minimum absolute atomic E-state index is 0.507. The summed E-state index contributed by atoms with van der Waals surface area (Å²) in [6, 6.07) is 18.2. The van der Waals surface area contributed by atoms with Gasteiger partial charge in [-0.3, -0.25) is 0 Å². The molecule has 0 aromatic heterocycles. The lowest BCUT2D eigenvalue weighted by molar-refractivity contribution is 0.411. The van der Waals surface area contributed by atoms with Crippen molar-refractivity contribution < 1.29 is 0 Å². The molecule has 1 aliphatic carbocycles. The van der Waals surface area contributed by atoms with Crippen LogP contribution in [0.1, 0.15) is 35.4 Å². The van der Waals surface area contributed by atoms with Crippen LogP contribution in [0.4, 0.5) is 0 Å². The number of hydrogen-bond donors (Lipinski definition) is 1. The third-order valence-electron chi connectivity index (χ3n) is 4.64. The first-order valence-electron chi connectivity index (χ1n) is 7.77. The molecule has 2 atom stereocenters. The molecule has 2 unspecified atom stereocenters. The monoisotopic (exact) mass is 343 g/mol. The lowest BCUT2D eigenvalue weighted by Crippen LogP contribution is -2.36. The van der Waals surface area contributed by atoms with Gasteiger partial charge in [0.1, 0.15) is 0 Å². The number of nitrogens with one attached hydrogen (secondary N) is 1. The van der Waals surface area contributed by atoms with Gasteiger partial charge in [0.2, 0.25) is 0 Å². The molecule has 0 saturated heterocycles. The van der Waals surface area contributed by atoms with E-state index in [2.05, 4.69) is 76.8 Å². The summed E-state index contributed by atoms with van der Waals surface area (Å²) < 4.78 is 1.15. The number of benzene rings is 2. The second kappa shape index (κ2) is 6.76. The highest BCUT2D eigenvalue weighted by Gasteiger charge is 2.26. The van der Waals surface area contributed by atoms with E-state index in [0.29, 0.717) is 12.0 Å². The van der Waals surface area contributed by atoms with Gasteiger partial charge in [-0.1, -0.05) is 52.3 Å². The van der Waals surface area contributed by atoms with E-state index in [4.69, 9.17) is 0 Å². The lowest BCUT2D eigenvalue weighted by Gasteiger charge is -2.32. The summed E-state index contributed by atoms with van der Waals surface area (Å²) in [5.74, 6) is 0.628. The summed E-state index contributed by atoms with van der Waals surface area (Å²) in [5.41, 5.74) is 4.51. The van der Waals surface area contributed by atoms with Crippen LogP contribution in [0.5, 0.6) is 0 Å².